The summed E-state index contributed by atoms with van der Waals surface area (Å²) >= 11 is 0. The van der Waals surface area contributed by atoms with Crippen LogP contribution in [-0.2, 0) is 22.9 Å². The van der Waals surface area contributed by atoms with E-state index >= 15 is 0 Å². The van der Waals surface area contributed by atoms with E-state index < -0.39 is 9.84 Å². The van der Waals surface area contributed by atoms with Crippen molar-refractivity contribution in [3.63, 3.8) is 0 Å². The highest BCUT2D eigenvalue weighted by atomic mass is 32.2. The van der Waals surface area contributed by atoms with E-state index in [0.29, 0.717) is 18.0 Å². The predicted octanol–water partition coefficient (Wildman–Crippen LogP) is 1.37. The molecule has 1 heterocycles. The largest absolute Gasteiger partial charge is 0.364 e. The van der Waals surface area contributed by atoms with Gasteiger partial charge in [0, 0.05) is 25.4 Å². The summed E-state index contributed by atoms with van der Waals surface area (Å²) in [4.78, 5) is 0.336. The van der Waals surface area contributed by atoms with Gasteiger partial charge in [-0.25, -0.2) is 8.42 Å². The molecule has 0 aliphatic carbocycles. The highest BCUT2D eigenvalue weighted by molar-refractivity contribution is 7.90. The van der Waals surface area contributed by atoms with Gasteiger partial charge >= 0.3 is 0 Å². The molecule has 0 saturated heterocycles. The molecule has 0 aliphatic heterocycles. The summed E-state index contributed by atoms with van der Waals surface area (Å²) in [6, 6.07) is 8.61. The van der Waals surface area contributed by atoms with Crippen molar-refractivity contribution in [1.29, 1.82) is 0 Å². The molecular weight excluding hydrogens is 252 g/mol. The van der Waals surface area contributed by atoms with Gasteiger partial charge in [-0.3, -0.25) is 0 Å². The Bertz CT molecular complexity index is 589. The molecule has 18 heavy (non-hydrogen) atoms. The van der Waals surface area contributed by atoms with Crippen molar-refractivity contribution in [2.75, 3.05) is 6.26 Å². The Balaban J connectivity index is 1.91. The summed E-state index contributed by atoms with van der Waals surface area (Å²) in [5.74, 6) is 0. The van der Waals surface area contributed by atoms with Crippen LogP contribution in [0.4, 0.5) is 0 Å². The second-order valence-corrected chi connectivity index (χ2v) is 6.03. The summed E-state index contributed by atoms with van der Waals surface area (Å²) in [7, 11) is -3.12. The van der Waals surface area contributed by atoms with E-state index in [9.17, 15) is 8.42 Å². The molecule has 1 N–H and O–H groups in total. The first-order chi connectivity index (χ1) is 8.55. The first-order valence-electron chi connectivity index (χ1n) is 5.45. The molecule has 0 amide bonds. The van der Waals surface area contributed by atoms with Crippen LogP contribution in [0.3, 0.4) is 0 Å². The van der Waals surface area contributed by atoms with E-state index in [1.807, 2.05) is 0 Å². The zero-order valence-corrected chi connectivity index (χ0v) is 10.8. The van der Waals surface area contributed by atoms with Crippen LogP contribution in [-0.4, -0.2) is 19.8 Å². The molecule has 0 fully saturated rings. The molecule has 5 nitrogen and oxygen atoms in total. The summed E-state index contributed by atoms with van der Waals surface area (Å²) in [6.45, 7) is 1.27. The second-order valence-electron chi connectivity index (χ2n) is 4.01. The Labute approximate surface area is 106 Å². The lowest BCUT2D eigenvalue weighted by Gasteiger charge is -2.04. The third-order valence-electron chi connectivity index (χ3n) is 2.48. The predicted molar refractivity (Wildman–Crippen MR) is 66.6 cm³/mol. The average molecular weight is 266 g/mol. The van der Waals surface area contributed by atoms with Gasteiger partial charge in [-0.1, -0.05) is 17.3 Å². The van der Waals surface area contributed by atoms with Gasteiger partial charge in [-0.2, -0.15) is 0 Å². The molecule has 2 aromatic rings. The van der Waals surface area contributed by atoms with Crippen LogP contribution >= 0.6 is 0 Å². The quantitative estimate of drug-likeness (QED) is 0.885. The molecule has 1 aromatic heterocycles. The SMILES string of the molecule is CS(=O)(=O)c1ccc(CNCc2ccon2)cc1. The highest BCUT2D eigenvalue weighted by Crippen LogP contribution is 2.10. The van der Waals surface area contributed by atoms with E-state index in [1.165, 1.54) is 12.5 Å². The fourth-order valence-corrected chi connectivity index (χ4v) is 2.15. The summed E-state index contributed by atoms with van der Waals surface area (Å²) in [5, 5.41) is 6.97. The lowest BCUT2D eigenvalue weighted by molar-refractivity contribution is 0.408. The number of hydrogen-bond donors (Lipinski definition) is 1. The minimum Gasteiger partial charge on any atom is -0.364 e. The van der Waals surface area contributed by atoms with E-state index in [2.05, 4.69) is 10.5 Å². The summed E-state index contributed by atoms with van der Waals surface area (Å²) in [5.41, 5.74) is 1.86. The van der Waals surface area contributed by atoms with Gasteiger partial charge in [-0.05, 0) is 17.7 Å². The number of hydrogen-bond acceptors (Lipinski definition) is 5. The van der Waals surface area contributed by atoms with Crippen molar-refractivity contribution in [3.05, 3.63) is 47.9 Å². The van der Waals surface area contributed by atoms with Gasteiger partial charge in [0.2, 0.25) is 0 Å². The Morgan fingerprint density at radius 2 is 1.89 bits per heavy atom. The smallest absolute Gasteiger partial charge is 0.175 e. The van der Waals surface area contributed by atoms with E-state index in [0.717, 1.165) is 11.3 Å². The summed E-state index contributed by atoms with van der Waals surface area (Å²) < 4.78 is 27.3. The fraction of sp³-hybridized carbons (Fsp3) is 0.250. The molecular formula is C12H14N2O3S. The Kier molecular flexibility index (Phi) is 3.78. The van der Waals surface area contributed by atoms with Crippen molar-refractivity contribution in [2.24, 2.45) is 0 Å². The zero-order valence-electron chi connectivity index (χ0n) is 9.96. The molecule has 0 radical (unpaired) electrons. The number of nitrogens with zero attached hydrogens (tertiary/aromatic N) is 1. The van der Waals surface area contributed by atoms with Gasteiger partial charge in [-0.15, -0.1) is 0 Å². The molecule has 0 bridgehead atoms. The monoisotopic (exact) mass is 266 g/mol. The number of nitrogens with one attached hydrogen (secondary N) is 1. The van der Waals surface area contributed by atoms with Crippen LogP contribution in [0.15, 0.2) is 46.0 Å². The van der Waals surface area contributed by atoms with Gasteiger partial charge in [0.1, 0.15) is 6.26 Å². The summed E-state index contributed by atoms with van der Waals surface area (Å²) in [6.07, 6.45) is 2.72. The van der Waals surface area contributed by atoms with Crippen molar-refractivity contribution in [1.82, 2.24) is 10.5 Å². The van der Waals surface area contributed by atoms with E-state index in [-0.39, 0.29) is 0 Å². The third kappa shape index (κ3) is 3.41. The van der Waals surface area contributed by atoms with Crippen LogP contribution in [0.2, 0.25) is 0 Å². The number of rotatable bonds is 5. The number of aromatic nitrogens is 1. The van der Waals surface area contributed by atoms with Crippen molar-refractivity contribution < 1.29 is 12.9 Å². The molecule has 0 spiro atoms. The molecule has 96 valence electrons. The maximum absolute atomic E-state index is 11.3. The second kappa shape index (κ2) is 5.32. The van der Waals surface area contributed by atoms with Crippen LogP contribution in [0.25, 0.3) is 0 Å². The molecule has 6 heteroatoms. The zero-order chi connectivity index (χ0) is 13.0. The minimum atomic E-state index is -3.12. The van der Waals surface area contributed by atoms with Crippen molar-refractivity contribution in [2.45, 2.75) is 18.0 Å². The number of sulfone groups is 1. The van der Waals surface area contributed by atoms with Gasteiger partial charge in [0.15, 0.2) is 9.84 Å². The van der Waals surface area contributed by atoms with Crippen molar-refractivity contribution >= 4 is 9.84 Å². The maximum Gasteiger partial charge on any atom is 0.175 e. The topological polar surface area (TPSA) is 72.2 Å². The van der Waals surface area contributed by atoms with Gasteiger partial charge in [0.25, 0.3) is 0 Å². The average Bonchev–Trinajstić information content (AvgIpc) is 2.82. The van der Waals surface area contributed by atoms with Crippen LogP contribution in [0, 0.1) is 0 Å². The third-order valence-corrected chi connectivity index (χ3v) is 3.61. The lowest BCUT2D eigenvalue weighted by Crippen LogP contribution is -2.12. The molecule has 0 saturated carbocycles. The Hall–Kier alpha value is -1.66. The normalized spacial score (nSPS) is 11.6. The van der Waals surface area contributed by atoms with E-state index in [4.69, 9.17) is 4.52 Å². The highest BCUT2D eigenvalue weighted by Gasteiger charge is 2.05. The van der Waals surface area contributed by atoms with Gasteiger partial charge < -0.3 is 9.84 Å². The first kappa shape index (κ1) is 12.8. The van der Waals surface area contributed by atoms with Crippen LogP contribution in [0.5, 0.6) is 0 Å². The first-order valence-corrected chi connectivity index (χ1v) is 7.34. The molecule has 0 aliphatic rings. The van der Waals surface area contributed by atoms with Crippen LogP contribution in [0.1, 0.15) is 11.3 Å². The fourth-order valence-electron chi connectivity index (χ4n) is 1.52. The maximum atomic E-state index is 11.3. The van der Waals surface area contributed by atoms with Crippen molar-refractivity contribution in [3.8, 4) is 0 Å². The lowest BCUT2D eigenvalue weighted by atomic mass is 10.2. The van der Waals surface area contributed by atoms with E-state index in [1.54, 1.807) is 30.3 Å². The molecule has 0 atom stereocenters. The molecule has 0 unspecified atom stereocenters. The molecule has 2 rings (SSSR count). The standard InChI is InChI=1S/C12H14N2O3S/c1-18(15,16)12-4-2-10(3-5-12)8-13-9-11-6-7-17-14-11/h2-7,13H,8-9H2,1H3. The number of benzene rings is 1. The van der Waals surface area contributed by atoms with Crippen LogP contribution < -0.4 is 5.32 Å². The Morgan fingerprint density at radius 1 is 1.17 bits per heavy atom. The molecule has 1 aromatic carbocycles. The van der Waals surface area contributed by atoms with Gasteiger partial charge in [0.05, 0.1) is 10.6 Å². The minimum absolute atomic E-state index is 0.336. The Morgan fingerprint density at radius 3 is 2.44 bits per heavy atom.